The monoisotopic (exact) mass is 392 g/mol. The molecule has 2 amide bonds. The molecule has 0 saturated carbocycles. The number of nitrogens with zero attached hydrogens (tertiary/aromatic N) is 2. The summed E-state index contributed by atoms with van der Waals surface area (Å²) in [6.07, 6.45) is 6.80. The Hall–Kier alpha value is -3.56. The molecule has 3 aromatic rings. The molecule has 0 aliphatic carbocycles. The van der Waals surface area contributed by atoms with Crippen molar-refractivity contribution in [3.8, 4) is 18.0 Å². The first-order chi connectivity index (χ1) is 13.5. The number of nitrogens with one attached hydrogen (secondary N) is 2. The molecule has 0 saturated heterocycles. The highest BCUT2D eigenvalue weighted by atomic mass is 35.5. The predicted molar refractivity (Wildman–Crippen MR) is 109 cm³/mol. The Balaban J connectivity index is 1.64. The smallest absolute Gasteiger partial charge is 0.255 e. The topological polar surface area (TPSA) is 76.0 Å². The number of carbonyl (C=O) groups excluding carboxylic acids is 2. The molecule has 2 N–H and O–H groups in total. The molecule has 0 unspecified atom stereocenters. The lowest BCUT2D eigenvalue weighted by atomic mass is 10.2. The first-order valence-corrected chi connectivity index (χ1v) is 8.81. The van der Waals surface area contributed by atoms with Crippen LogP contribution in [0.25, 0.3) is 5.69 Å². The summed E-state index contributed by atoms with van der Waals surface area (Å²) in [7, 11) is 0. The van der Waals surface area contributed by atoms with E-state index in [2.05, 4.69) is 21.7 Å². The molecule has 0 atom stereocenters. The molecule has 0 fully saturated rings. The summed E-state index contributed by atoms with van der Waals surface area (Å²) in [4.78, 5) is 24.5. The van der Waals surface area contributed by atoms with Crippen molar-refractivity contribution in [3.63, 3.8) is 0 Å². The lowest BCUT2D eigenvalue weighted by molar-refractivity contribution is -0.115. The average molecular weight is 393 g/mol. The first-order valence-electron chi connectivity index (χ1n) is 8.43. The van der Waals surface area contributed by atoms with E-state index in [-0.39, 0.29) is 12.5 Å². The van der Waals surface area contributed by atoms with Gasteiger partial charge in [-0.3, -0.25) is 9.59 Å². The standard InChI is InChI=1S/C21H17ClN4O2/c1-3-15-6-4-8-17(10-15)25-20(27)13-23-21(28)19-12-24-26(14(19)2)18-9-5-7-16(22)11-18/h1,4-12H,13H2,2H3,(H,23,28)(H,25,27). The molecule has 0 spiro atoms. The molecule has 0 aliphatic heterocycles. The Bertz CT molecular complexity index is 1080. The van der Waals surface area contributed by atoms with Gasteiger partial charge in [0.15, 0.2) is 0 Å². The highest BCUT2D eigenvalue weighted by molar-refractivity contribution is 6.30. The maximum atomic E-state index is 12.4. The Labute approximate surface area is 167 Å². The largest absolute Gasteiger partial charge is 0.343 e. The van der Waals surface area contributed by atoms with Crippen LogP contribution in [-0.4, -0.2) is 28.1 Å². The van der Waals surface area contributed by atoms with Gasteiger partial charge in [-0.15, -0.1) is 6.42 Å². The second kappa shape index (κ2) is 8.42. The molecular formula is C21H17ClN4O2. The quantitative estimate of drug-likeness (QED) is 0.655. The average Bonchev–Trinajstić information content (AvgIpc) is 3.07. The third-order valence-corrected chi connectivity index (χ3v) is 4.26. The Morgan fingerprint density at radius 3 is 2.75 bits per heavy atom. The van der Waals surface area contributed by atoms with Crippen molar-refractivity contribution in [3.05, 3.63) is 76.6 Å². The minimum atomic E-state index is -0.390. The van der Waals surface area contributed by atoms with E-state index in [9.17, 15) is 9.59 Å². The summed E-state index contributed by atoms with van der Waals surface area (Å²) in [5.41, 5.74) is 2.99. The van der Waals surface area contributed by atoms with Crippen molar-refractivity contribution in [2.24, 2.45) is 0 Å². The van der Waals surface area contributed by atoms with Crippen molar-refractivity contribution >= 4 is 29.1 Å². The summed E-state index contributed by atoms with van der Waals surface area (Å²) in [6.45, 7) is 1.59. The van der Waals surface area contributed by atoms with Crippen LogP contribution in [0, 0.1) is 19.3 Å². The number of amides is 2. The van der Waals surface area contributed by atoms with E-state index < -0.39 is 5.91 Å². The van der Waals surface area contributed by atoms with Gasteiger partial charge in [0.2, 0.25) is 5.91 Å². The van der Waals surface area contributed by atoms with E-state index in [1.807, 2.05) is 6.07 Å². The molecular weight excluding hydrogens is 376 g/mol. The van der Waals surface area contributed by atoms with Crippen LogP contribution in [0.3, 0.4) is 0 Å². The van der Waals surface area contributed by atoms with Crippen LogP contribution in [0.2, 0.25) is 5.02 Å². The number of hydrogen-bond acceptors (Lipinski definition) is 3. The van der Waals surface area contributed by atoms with Gasteiger partial charge in [-0.25, -0.2) is 4.68 Å². The number of aromatic nitrogens is 2. The number of rotatable bonds is 5. The summed E-state index contributed by atoms with van der Waals surface area (Å²) in [5, 5.41) is 10.1. The number of hydrogen-bond donors (Lipinski definition) is 2. The number of benzene rings is 2. The number of halogens is 1. The molecule has 3 rings (SSSR count). The van der Waals surface area contributed by atoms with Crippen LogP contribution in [0.4, 0.5) is 5.69 Å². The van der Waals surface area contributed by atoms with E-state index in [1.54, 1.807) is 54.1 Å². The lowest BCUT2D eigenvalue weighted by Crippen LogP contribution is -2.33. The van der Waals surface area contributed by atoms with Crippen LogP contribution in [0.5, 0.6) is 0 Å². The summed E-state index contributed by atoms with van der Waals surface area (Å²) < 4.78 is 1.62. The molecule has 1 heterocycles. The molecule has 0 aliphatic rings. The lowest BCUT2D eigenvalue weighted by Gasteiger charge is -2.08. The minimum Gasteiger partial charge on any atom is -0.343 e. The van der Waals surface area contributed by atoms with Crippen molar-refractivity contribution in [1.29, 1.82) is 0 Å². The Kier molecular flexibility index (Phi) is 5.78. The van der Waals surface area contributed by atoms with Crippen LogP contribution in [-0.2, 0) is 4.79 Å². The summed E-state index contributed by atoms with van der Waals surface area (Å²) >= 11 is 6.01. The fourth-order valence-electron chi connectivity index (χ4n) is 2.65. The van der Waals surface area contributed by atoms with Crippen molar-refractivity contribution in [2.45, 2.75) is 6.92 Å². The maximum absolute atomic E-state index is 12.4. The van der Waals surface area contributed by atoms with E-state index in [0.717, 1.165) is 5.69 Å². The van der Waals surface area contributed by atoms with E-state index in [0.29, 0.717) is 27.5 Å². The van der Waals surface area contributed by atoms with Gasteiger partial charge < -0.3 is 10.6 Å². The van der Waals surface area contributed by atoms with Crippen molar-refractivity contribution in [1.82, 2.24) is 15.1 Å². The second-order valence-electron chi connectivity index (χ2n) is 5.99. The Morgan fingerprint density at radius 2 is 2.00 bits per heavy atom. The fourth-order valence-corrected chi connectivity index (χ4v) is 2.83. The zero-order valence-corrected chi connectivity index (χ0v) is 15.8. The number of carbonyl (C=O) groups is 2. The van der Waals surface area contributed by atoms with Gasteiger partial charge in [0.1, 0.15) is 0 Å². The summed E-state index contributed by atoms with van der Waals surface area (Å²) in [6, 6.07) is 14.1. The molecule has 0 bridgehead atoms. The highest BCUT2D eigenvalue weighted by Gasteiger charge is 2.16. The van der Waals surface area contributed by atoms with Crippen LogP contribution < -0.4 is 10.6 Å². The molecule has 28 heavy (non-hydrogen) atoms. The molecule has 0 radical (unpaired) electrons. The maximum Gasteiger partial charge on any atom is 0.255 e. The van der Waals surface area contributed by atoms with Gasteiger partial charge in [-0.05, 0) is 43.3 Å². The molecule has 1 aromatic heterocycles. The minimum absolute atomic E-state index is 0.180. The van der Waals surface area contributed by atoms with Crippen molar-refractivity contribution < 1.29 is 9.59 Å². The van der Waals surface area contributed by atoms with Crippen LogP contribution >= 0.6 is 11.6 Å². The Morgan fingerprint density at radius 1 is 1.21 bits per heavy atom. The summed E-state index contributed by atoms with van der Waals surface area (Å²) in [5.74, 6) is 1.75. The van der Waals surface area contributed by atoms with Crippen LogP contribution in [0.1, 0.15) is 21.6 Å². The van der Waals surface area contributed by atoms with Gasteiger partial charge >= 0.3 is 0 Å². The highest BCUT2D eigenvalue weighted by Crippen LogP contribution is 2.18. The van der Waals surface area contributed by atoms with Crippen LogP contribution in [0.15, 0.2) is 54.7 Å². The fraction of sp³-hybridized carbons (Fsp3) is 0.0952. The van der Waals surface area contributed by atoms with Gasteiger partial charge in [-0.2, -0.15) is 5.10 Å². The zero-order chi connectivity index (χ0) is 20.1. The zero-order valence-electron chi connectivity index (χ0n) is 15.1. The van der Waals surface area contributed by atoms with Gasteiger partial charge in [0, 0.05) is 16.3 Å². The predicted octanol–water partition coefficient (Wildman–Crippen LogP) is 3.18. The molecule has 2 aromatic carbocycles. The van der Waals surface area contributed by atoms with E-state index >= 15 is 0 Å². The van der Waals surface area contributed by atoms with E-state index in [4.69, 9.17) is 18.0 Å². The SMILES string of the molecule is C#Cc1cccc(NC(=O)CNC(=O)c2cnn(-c3cccc(Cl)c3)c2C)c1. The number of terminal acetylenes is 1. The molecule has 7 heteroatoms. The third-order valence-electron chi connectivity index (χ3n) is 4.03. The van der Waals surface area contributed by atoms with Crippen molar-refractivity contribution in [2.75, 3.05) is 11.9 Å². The number of anilines is 1. The second-order valence-corrected chi connectivity index (χ2v) is 6.43. The first kappa shape index (κ1) is 19.2. The third kappa shape index (κ3) is 4.40. The normalized spacial score (nSPS) is 10.2. The van der Waals surface area contributed by atoms with Gasteiger partial charge in [-0.1, -0.05) is 29.7 Å². The van der Waals surface area contributed by atoms with Gasteiger partial charge in [0.05, 0.1) is 29.7 Å². The van der Waals surface area contributed by atoms with Gasteiger partial charge in [0.25, 0.3) is 5.91 Å². The molecule has 140 valence electrons. The van der Waals surface area contributed by atoms with E-state index in [1.165, 1.54) is 6.20 Å². The molecule has 6 nitrogen and oxygen atoms in total.